The Bertz CT molecular complexity index is 1290. The van der Waals surface area contributed by atoms with E-state index in [0.29, 0.717) is 11.8 Å². The minimum absolute atomic E-state index is 0.00591. The molecule has 0 fully saturated rings. The van der Waals surface area contributed by atoms with Gasteiger partial charge in [0.05, 0.1) is 13.7 Å². The number of rotatable bonds is 8. The molecule has 7 nitrogen and oxygen atoms in total. The molecule has 0 aliphatic carbocycles. The third kappa shape index (κ3) is 5.93. The lowest BCUT2D eigenvalue weighted by Gasteiger charge is -2.29. The van der Waals surface area contributed by atoms with Crippen LogP contribution in [0.25, 0.3) is 0 Å². The highest BCUT2D eigenvalue weighted by molar-refractivity contribution is 5.76. The summed E-state index contributed by atoms with van der Waals surface area (Å²) in [6.45, 7) is 1.51. The van der Waals surface area contributed by atoms with Gasteiger partial charge in [0, 0.05) is 43.2 Å². The first kappa shape index (κ1) is 27.4. The number of hydrogen-bond acceptors (Lipinski definition) is 5. The summed E-state index contributed by atoms with van der Waals surface area (Å²) in [5, 5.41) is 9.94. The number of aromatic nitrogens is 3. The van der Waals surface area contributed by atoms with Crippen molar-refractivity contribution >= 4 is 5.91 Å². The summed E-state index contributed by atoms with van der Waals surface area (Å²) in [6.07, 6.45) is -4.78. The fraction of sp³-hybridized carbons (Fsp3) is 0.400. The van der Waals surface area contributed by atoms with Crippen molar-refractivity contribution in [3.63, 3.8) is 0 Å². The Morgan fingerprint density at radius 2 is 1.74 bits per heavy atom. The minimum atomic E-state index is -4.66. The Balaban J connectivity index is 1.49. The first-order chi connectivity index (χ1) is 18.0. The molecule has 4 rings (SSSR count). The zero-order chi connectivity index (χ0) is 27.6. The lowest BCUT2D eigenvalue weighted by molar-refractivity contribution is -0.148. The van der Waals surface area contributed by atoms with Gasteiger partial charge in [0.2, 0.25) is 11.7 Å². The zero-order valence-electron chi connectivity index (χ0n) is 20.5. The van der Waals surface area contributed by atoms with Crippen LogP contribution in [0.1, 0.15) is 54.6 Å². The zero-order valence-corrected chi connectivity index (χ0v) is 20.5. The van der Waals surface area contributed by atoms with Crippen LogP contribution in [0.3, 0.4) is 0 Å². The number of halogens is 6. The largest absolute Gasteiger partial charge is 0.497 e. The van der Waals surface area contributed by atoms with Crippen molar-refractivity contribution in [3.8, 4) is 5.75 Å². The van der Waals surface area contributed by atoms with Gasteiger partial charge in [0.1, 0.15) is 11.6 Å². The van der Waals surface area contributed by atoms with Crippen molar-refractivity contribution < 1.29 is 35.9 Å². The molecule has 0 saturated heterocycles. The number of ether oxygens (including phenoxy) is 1. The maximum absolute atomic E-state index is 14.7. The van der Waals surface area contributed by atoms with Crippen LogP contribution >= 0.6 is 0 Å². The Hall–Kier alpha value is -3.61. The molecule has 1 aliphatic heterocycles. The molecule has 2 unspecified atom stereocenters. The summed E-state index contributed by atoms with van der Waals surface area (Å²) < 4.78 is 87.7. The summed E-state index contributed by atoms with van der Waals surface area (Å²) in [5.41, 5.74) is 0.659. The molecule has 204 valence electrons. The van der Waals surface area contributed by atoms with Crippen LogP contribution in [0.2, 0.25) is 0 Å². The summed E-state index contributed by atoms with van der Waals surface area (Å²) in [4.78, 5) is 14.3. The van der Waals surface area contributed by atoms with Crippen molar-refractivity contribution in [2.24, 2.45) is 0 Å². The van der Waals surface area contributed by atoms with E-state index in [1.807, 2.05) is 0 Å². The number of carbonyl (C=O) groups excluding carboxylic acids is 1. The van der Waals surface area contributed by atoms with Crippen LogP contribution in [-0.2, 0) is 24.1 Å². The molecule has 38 heavy (non-hydrogen) atoms. The fourth-order valence-electron chi connectivity index (χ4n) is 4.43. The van der Waals surface area contributed by atoms with Crippen LogP contribution < -0.4 is 10.1 Å². The Labute approximate surface area is 214 Å². The number of nitrogens with one attached hydrogen (secondary N) is 1. The van der Waals surface area contributed by atoms with E-state index in [1.165, 1.54) is 12.0 Å². The molecule has 1 N–H and O–H groups in total. The second kappa shape index (κ2) is 11.0. The predicted molar refractivity (Wildman–Crippen MR) is 123 cm³/mol. The third-order valence-corrected chi connectivity index (χ3v) is 6.49. The van der Waals surface area contributed by atoms with Crippen LogP contribution in [0, 0.1) is 17.5 Å². The lowest BCUT2D eigenvalue weighted by Crippen LogP contribution is -2.39. The van der Waals surface area contributed by atoms with Crippen molar-refractivity contribution in [3.05, 3.63) is 76.6 Å². The highest BCUT2D eigenvalue weighted by atomic mass is 19.4. The molecule has 2 heterocycles. The monoisotopic (exact) mass is 541 g/mol. The van der Waals surface area contributed by atoms with Crippen LogP contribution in [0.15, 0.2) is 36.4 Å². The molecule has 0 radical (unpaired) electrons. The predicted octanol–water partition coefficient (Wildman–Crippen LogP) is 4.94. The molecule has 0 saturated carbocycles. The molecule has 1 aromatic heterocycles. The number of methoxy groups -OCH3 is 1. The van der Waals surface area contributed by atoms with Gasteiger partial charge in [0.25, 0.3) is 0 Å². The number of hydrogen-bond donors (Lipinski definition) is 1. The summed E-state index contributed by atoms with van der Waals surface area (Å²) in [7, 11) is 1.52. The van der Waals surface area contributed by atoms with E-state index in [1.54, 1.807) is 31.2 Å². The van der Waals surface area contributed by atoms with Gasteiger partial charge in [-0.05, 0) is 37.1 Å². The molecule has 0 bridgehead atoms. The number of benzene rings is 2. The molecule has 2 atom stereocenters. The number of amides is 1. The molecule has 3 aromatic rings. The summed E-state index contributed by atoms with van der Waals surface area (Å²) in [6, 6.07) is 7.02. The first-order valence-corrected chi connectivity index (χ1v) is 11.8. The Morgan fingerprint density at radius 1 is 1.05 bits per heavy atom. The topological polar surface area (TPSA) is 72.3 Å². The average molecular weight is 541 g/mol. The smallest absolute Gasteiger partial charge is 0.451 e. The Morgan fingerprint density at radius 3 is 2.39 bits per heavy atom. The SMILES string of the molecule is COc1ccc(C(C)NC(CCC(=O)N2CCn3c(nnc3C(F)(F)F)C2)c2cc(F)c(F)cc2F)cc1. The van der Waals surface area contributed by atoms with Gasteiger partial charge in [-0.3, -0.25) is 4.79 Å². The molecule has 13 heteroatoms. The number of carbonyl (C=O) groups is 1. The molecule has 1 amide bonds. The summed E-state index contributed by atoms with van der Waals surface area (Å²) in [5.74, 6) is -4.42. The average Bonchev–Trinajstić information content (AvgIpc) is 3.32. The third-order valence-electron chi connectivity index (χ3n) is 6.49. The van der Waals surface area contributed by atoms with Gasteiger partial charge in [-0.1, -0.05) is 12.1 Å². The molecular formula is C25H25F6N5O2. The normalized spacial score (nSPS) is 15.2. The molecular weight excluding hydrogens is 516 g/mol. The Kier molecular flexibility index (Phi) is 7.95. The molecule has 2 aromatic carbocycles. The summed E-state index contributed by atoms with van der Waals surface area (Å²) >= 11 is 0. The maximum atomic E-state index is 14.7. The van der Waals surface area contributed by atoms with Crippen molar-refractivity contribution in [1.29, 1.82) is 0 Å². The number of fused-ring (bicyclic) bond motifs is 1. The van der Waals surface area contributed by atoms with E-state index in [4.69, 9.17) is 4.74 Å². The van der Waals surface area contributed by atoms with Crippen molar-refractivity contribution in [1.82, 2.24) is 25.0 Å². The van der Waals surface area contributed by atoms with Crippen LogP contribution in [0.5, 0.6) is 5.75 Å². The first-order valence-electron chi connectivity index (χ1n) is 11.8. The van der Waals surface area contributed by atoms with E-state index in [9.17, 15) is 31.1 Å². The standard InChI is InChI=1S/C25H25F6N5O2/c1-14(15-3-5-16(38-2)6-4-15)32-21(17-11-19(27)20(28)12-18(17)26)7-8-23(37)35-9-10-36-22(13-35)33-34-24(36)25(29,30)31/h3-6,11-12,14,21,32H,7-10,13H2,1-2H3. The van der Waals surface area contributed by atoms with Crippen molar-refractivity contribution in [2.75, 3.05) is 13.7 Å². The van der Waals surface area contributed by atoms with E-state index in [0.717, 1.165) is 16.2 Å². The maximum Gasteiger partial charge on any atom is 0.451 e. The highest BCUT2D eigenvalue weighted by Gasteiger charge is 2.40. The van der Waals surface area contributed by atoms with Gasteiger partial charge >= 0.3 is 6.18 Å². The van der Waals surface area contributed by atoms with Gasteiger partial charge in [0.15, 0.2) is 17.5 Å². The molecule has 0 spiro atoms. The van der Waals surface area contributed by atoms with E-state index in [-0.39, 0.29) is 49.9 Å². The van der Waals surface area contributed by atoms with Crippen LogP contribution in [0.4, 0.5) is 26.3 Å². The second-order valence-corrected chi connectivity index (χ2v) is 8.95. The number of nitrogens with zero attached hydrogens (tertiary/aromatic N) is 4. The van der Waals surface area contributed by atoms with Gasteiger partial charge in [-0.2, -0.15) is 13.2 Å². The van der Waals surface area contributed by atoms with Crippen LogP contribution in [-0.4, -0.2) is 39.2 Å². The molecule has 1 aliphatic rings. The number of alkyl halides is 3. The van der Waals surface area contributed by atoms with Gasteiger partial charge < -0.3 is 19.5 Å². The van der Waals surface area contributed by atoms with Gasteiger partial charge in [-0.25, -0.2) is 13.2 Å². The quantitative estimate of drug-likeness (QED) is 0.323. The van der Waals surface area contributed by atoms with E-state index < -0.39 is 41.4 Å². The van der Waals surface area contributed by atoms with E-state index in [2.05, 4.69) is 15.5 Å². The lowest BCUT2D eigenvalue weighted by atomic mass is 9.98. The minimum Gasteiger partial charge on any atom is -0.497 e. The second-order valence-electron chi connectivity index (χ2n) is 8.95. The van der Waals surface area contributed by atoms with E-state index >= 15 is 0 Å². The van der Waals surface area contributed by atoms with Gasteiger partial charge in [-0.15, -0.1) is 10.2 Å². The van der Waals surface area contributed by atoms with Crippen molar-refractivity contribution in [2.45, 2.75) is 51.1 Å². The fourth-order valence-corrected chi connectivity index (χ4v) is 4.43. The highest BCUT2D eigenvalue weighted by Crippen LogP contribution is 2.31.